The Hall–Kier alpha value is -4.75. The molecule has 37 heavy (non-hydrogen) atoms. The van der Waals surface area contributed by atoms with E-state index in [0.29, 0.717) is 11.3 Å². The number of pyridine rings is 2. The van der Waals surface area contributed by atoms with Crippen molar-refractivity contribution < 1.29 is 24.3 Å². The van der Waals surface area contributed by atoms with Crippen LogP contribution in [0.1, 0.15) is 49.2 Å². The second-order valence-electron chi connectivity index (χ2n) is 8.99. The number of ether oxygens (including phenoxy) is 1. The van der Waals surface area contributed by atoms with E-state index in [9.17, 15) is 14.4 Å². The van der Waals surface area contributed by atoms with Crippen molar-refractivity contribution in [1.82, 2.24) is 20.8 Å². The maximum absolute atomic E-state index is 12.7. The minimum atomic E-state index is -0.951. The largest absolute Gasteiger partial charge is 0.444 e. The van der Waals surface area contributed by atoms with Gasteiger partial charge in [0.05, 0.1) is 5.69 Å². The Labute approximate surface area is 214 Å². The summed E-state index contributed by atoms with van der Waals surface area (Å²) in [6.45, 7) is 6.61. The first-order valence-corrected chi connectivity index (χ1v) is 11.3. The van der Waals surface area contributed by atoms with Crippen LogP contribution in [0, 0.1) is 11.8 Å². The van der Waals surface area contributed by atoms with Crippen LogP contribution < -0.4 is 16.1 Å². The van der Waals surface area contributed by atoms with Crippen molar-refractivity contribution in [2.24, 2.45) is 0 Å². The highest BCUT2D eigenvalue weighted by atomic mass is 16.6. The summed E-state index contributed by atoms with van der Waals surface area (Å²) in [6.07, 6.45) is 2.60. The summed E-state index contributed by atoms with van der Waals surface area (Å²) in [4.78, 5) is 45.2. The fourth-order valence-corrected chi connectivity index (χ4v) is 3.03. The maximum Gasteiger partial charge on any atom is 0.408 e. The molecule has 1 aromatic carbocycles. The molecule has 0 saturated carbocycles. The standard InChI is InChI=1S/C27H27N5O5/c1-17(29-26(35)37-27(2,3)4)24(33)31-23-15-21(25(34)32-36)14-22(30-23)20-11-9-18(10-12-20)7-8-19-6-5-13-28-16-19/h5-6,9-17,36H,1-4H3,(H,29,35)(H,32,34)(H,30,31,33)/t17-/m0/s1. The van der Waals surface area contributed by atoms with E-state index in [1.807, 2.05) is 6.07 Å². The minimum Gasteiger partial charge on any atom is -0.444 e. The SMILES string of the molecule is C[C@H](NC(=O)OC(C)(C)C)C(=O)Nc1cc(C(=O)NO)cc(-c2ccc(C#Cc3cccnc3)cc2)n1. The smallest absolute Gasteiger partial charge is 0.408 e. The number of anilines is 1. The van der Waals surface area contributed by atoms with Crippen molar-refractivity contribution >= 4 is 23.7 Å². The number of alkyl carbamates (subject to hydrolysis) is 1. The summed E-state index contributed by atoms with van der Waals surface area (Å²) in [6, 6.07) is 12.6. The third-order valence-electron chi connectivity index (χ3n) is 4.76. The maximum atomic E-state index is 12.7. The average molecular weight is 502 g/mol. The van der Waals surface area contributed by atoms with Crippen LogP contribution in [0.25, 0.3) is 11.3 Å². The van der Waals surface area contributed by atoms with Gasteiger partial charge in [-0.25, -0.2) is 15.3 Å². The van der Waals surface area contributed by atoms with Gasteiger partial charge in [-0.2, -0.15) is 0 Å². The predicted molar refractivity (Wildman–Crippen MR) is 137 cm³/mol. The van der Waals surface area contributed by atoms with Crippen molar-refractivity contribution in [3.63, 3.8) is 0 Å². The molecule has 10 nitrogen and oxygen atoms in total. The zero-order valence-corrected chi connectivity index (χ0v) is 20.8. The highest BCUT2D eigenvalue weighted by Crippen LogP contribution is 2.22. The van der Waals surface area contributed by atoms with Crippen LogP contribution in [-0.2, 0) is 9.53 Å². The van der Waals surface area contributed by atoms with Gasteiger partial charge < -0.3 is 15.4 Å². The second-order valence-corrected chi connectivity index (χ2v) is 8.99. The molecule has 3 aromatic rings. The van der Waals surface area contributed by atoms with E-state index in [1.54, 1.807) is 69.0 Å². The second kappa shape index (κ2) is 11.8. The third-order valence-corrected chi connectivity index (χ3v) is 4.76. The van der Waals surface area contributed by atoms with Gasteiger partial charge in [0.25, 0.3) is 5.91 Å². The third kappa shape index (κ3) is 8.16. The molecule has 0 aliphatic heterocycles. The molecule has 3 rings (SSSR count). The molecule has 10 heteroatoms. The molecule has 0 unspecified atom stereocenters. The minimum absolute atomic E-state index is 0.0550. The Morgan fingerprint density at radius 2 is 1.73 bits per heavy atom. The number of hydroxylamine groups is 1. The number of aromatic nitrogens is 2. The zero-order valence-electron chi connectivity index (χ0n) is 20.8. The van der Waals surface area contributed by atoms with Crippen molar-refractivity contribution in [3.8, 4) is 23.1 Å². The Kier molecular flexibility index (Phi) is 8.55. The number of hydrogen-bond acceptors (Lipinski definition) is 7. The Morgan fingerprint density at radius 3 is 2.35 bits per heavy atom. The number of nitrogens with one attached hydrogen (secondary N) is 3. The molecule has 0 spiro atoms. The van der Waals surface area contributed by atoms with Crippen LogP contribution in [0.15, 0.2) is 60.9 Å². The van der Waals surface area contributed by atoms with Gasteiger partial charge in [-0.3, -0.25) is 19.8 Å². The zero-order chi connectivity index (χ0) is 27.0. The molecule has 0 radical (unpaired) electrons. The summed E-state index contributed by atoms with van der Waals surface area (Å²) in [5.74, 6) is 4.77. The van der Waals surface area contributed by atoms with Gasteiger partial charge in [0.1, 0.15) is 17.5 Å². The first kappa shape index (κ1) is 26.8. The molecule has 4 N–H and O–H groups in total. The number of carbonyl (C=O) groups is 3. The number of nitrogens with zero attached hydrogens (tertiary/aromatic N) is 2. The van der Waals surface area contributed by atoms with Gasteiger partial charge in [0.15, 0.2) is 0 Å². The molecule has 0 saturated heterocycles. The number of hydrogen-bond donors (Lipinski definition) is 4. The quantitative estimate of drug-likeness (QED) is 0.238. The van der Waals surface area contributed by atoms with Crippen LogP contribution in [0.2, 0.25) is 0 Å². The van der Waals surface area contributed by atoms with Gasteiger partial charge in [-0.15, -0.1) is 0 Å². The Balaban J connectivity index is 1.81. The molecule has 190 valence electrons. The van der Waals surface area contributed by atoms with Crippen LogP contribution >= 0.6 is 0 Å². The lowest BCUT2D eigenvalue weighted by Gasteiger charge is -2.21. The van der Waals surface area contributed by atoms with Gasteiger partial charge in [0, 0.05) is 34.6 Å². The van der Waals surface area contributed by atoms with E-state index in [2.05, 4.69) is 32.4 Å². The molecular formula is C27H27N5O5. The van der Waals surface area contributed by atoms with Gasteiger partial charge in [0.2, 0.25) is 5.91 Å². The van der Waals surface area contributed by atoms with Gasteiger partial charge in [-0.05, 0) is 64.1 Å². The fraction of sp³-hybridized carbons (Fsp3) is 0.222. The van der Waals surface area contributed by atoms with Crippen LogP contribution in [-0.4, -0.2) is 44.7 Å². The van der Waals surface area contributed by atoms with E-state index >= 15 is 0 Å². The van der Waals surface area contributed by atoms with Crippen molar-refractivity contribution in [2.45, 2.75) is 39.3 Å². The lowest BCUT2D eigenvalue weighted by atomic mass is 10.1. The van der Waals surface area contributed by atoms with E-state index in [4.69, 9.17) is 9.94 Å². The van der Waals surface area contributed by atoms with Crippen LogP contribution in [0.5, 0.6) is 0 Å². The average Bonchev–Trinajstić information content (AvgIpc) is 2.86. The summed E-state index contributed by atoms with van der Waals surface area (Å²) in [7, 11) is 0. The number of carbonyl (C=O) groups excluding carboxylic acids is 3. The summed E-state index contributed by atoms with van der Waals surface area (Å²) < 4.78 is 5.16. The van der Waals surface area contributed by atoms with Crippen LogP contribution in [0.3, 0.4) is 0 Å². The van der Waals surface area contributed by atoms with Crippen molar-refractivity contribution in [2.75, 3.05) is 5.32 Å². The lowest BCUT2D eigenvalue weighted by Crippen LogP contribution is -2.44. The molecular weight excluding hydrogens is 474 g/mol. The first-order valence-electron chi connectivity index (χ1n) is 11.3. The summed E-state index contributed by atoms with van der Waals surface area (Å²) >= 11 is 0. The van der Waals surface area contributed by atoms with Gasteiger partial charge >= 0.3 is 6.09 Å². The van der Waals surface area contributed by atoms with E-state index in [1.165, 1.54) is 19.1 Å². The normalized spacial score (nSPS) is 11.4. The molecule has 3 amide bonds. The molecule has 2 aromatic heterocycles. The van der Waals surface area contributed by atoms with Crippen molar-refractivity contribution in [3.05, 3.63) is 77.6 Å². The summed E-state index contributed by atoms with van der Waals surface area (Å²) in [5, 5.41) is 14.1. The topological polar surface area (TPSA) is 143 Å². The number of rotatable bonds is 5. The predicted octanol–water partition coefficient (Wildman–Crippen LogP) is 3.51. The Bertz CT molecular complexity index is 1340. The van der Waals surface area contributed by atoms with Gasteiger partial charge in [-0.1, -0.05) is 24.0 Å². The molecule has 0 bridgehead atoms. The fourth-order valence-electron chi connectivity index (χ4n) is 3.03. The first-order chi connectivity index (χ1) is 17.5. The molecule has 1 atom stereocenters. The Morgan fingerprint density at radius 1 is 1.03 bits per heavy atom. The van der Waals surface area contributed by atoms with Crippen LogP contribution in [0.4, 0.5) is 10.6 Å². The number of amides is 3. The summed E-state index contributed by atoms with van der Waals surface area (Å²) in [5.41, 5.74) is 3.48. The molecule has 0 aliphatic carbocycles. The van der Waals surface area contributed by atoms with Crippen molar-refractivity contribution in [1.29, 1.82) is 0 Å². The number of benzene rings is 1. The highest BCUT2D eigenvalue weighted by molar-refractivity contribution is 5.99. The van der Waals surface area contributed by atoms with E-state index in [-0.39, 0.29) is 11.4 Å². The molecule has 0 fully saturated rings. The molecule has 0 aliphatic rings. The molecule has 2 heterocycles. The van der Waals surface area contributed by atoms with E-state index in [0.717, 1.165) is 11.1 Å². The lowest BCUT2D eigenvalue weighted by molar-refractivity contribution is -0.117. The highest BCUT2D eigenvalue weighted by Gasteiger charge is 2.22. The monoisotopic (exact) mass is 501 g/mol. The van der Waals surface area contributed by atoms with E-state index < -0.39 is 29.6 Å².